The monoisotopic (exact) mass is 391 g/mol. The third-order valence-electron chi connectivity index (χ3n) is 5.58. The van der Waals surface area contributed by atoms with Gasteiger partial charge in [0.2, 0.25) is 0 Å². The molecule has 2 N–H and O–H groups in total. The summed E-state index contributed by atoms with van der Waals surface area (Å²) in [5.41, 5.74) is 2.50. The lowest BCUT2D eigenvalue weighted by Crippen LogP contribution is -2.40. The molecular formula is C25H29NO3. The molecule has 3 aromatic rings. The number of benzene rings is 3. The van der Waals surface area contributed by atoms with Gasteiger partial charge in [-0.1, -0.05) is 48.5 Å². The minimum atomic E-state index is 0.149. The second kappa shape index (κ2) is 9.88. The molecule has 2 unspecified atom stereocenters. The number of nitrogens with one attached hydrogen (secondary N) is 1. The van der Waals surface area contributed by atoms with Crippen molar-refractivity contribution in [2.45, 2.75) is 31.5 Å². The van der Waals surface area contributed by atoms with Gasteiger partial charge < -0.3 is 19.9 Å². The Morgan fingerprint density at radius 3 is 2.62 bits per heavy atom. The van der Waals surface area contributed by atoms with Crippen LogP contribution >= 0.6 is 0 Å². The van der Waals surface area contributed by atoms with Gasteiger partial charge >= 0.3 is 0 Å². The van der Waals surface area contributed by atoms with Gasteiger partial charge in [0.05, 0.1) is 19.3 Å². The molecule has 29 heavy (non-hydrogen) atoms. The Kier molecular flexibility index (Phi) is 6.78. The number of rotatable bonds is 8. The molecule has 0 bridgehead atoms. The van der Waals surface area contributed by atoms with Crippen molar-refractivity contribution in [2.75, 3.05) is 26.3 Å². The van der Waals surface area contributed by atoms with Gasteiger partial charge in [-0.2, -0.15) is 0 Å². The van der Waals surface area contributed by atoms with Gasteiger partial charge in [-0.25, -0.2) is 0 Å². The molecule has 1 fully saturated rings. The first kappa shape index (κ1) is 19.9. The van der Waals surface area contributed by atoms with Crippen molar-refractivity contribution in [3.63, 3.8) is 0 Å². The Bertz CT molecular complexity index is 909. The zero-order valence-electron chi connectivity index (χ0n) is 16.7. The fourth-order valence-electron chi connectivity index (χ4n) is 3.98. The van der Waals surface area contributed by atoms with E-state index >= 15 is 0 Å². The van der Waals surface area contributed by atoms with E-state index in [0.29, 0.717) is 25.6 Å². The van der Waals surface area contributed by atoms with Crippen LogP contribution in [0, 0.1) is 0 Å². The van der Waals surface area contributed by atoms with E-state index in [9.17, 15) is 0 Å². The van der Waals surface area contributed by atoms with E-state index in [1.165, 1.54) is 21.9 Å². The number of hydrogen-bond acceptors (Lipinski definition) is 4. The molecule has 0 amide bonds. The molecule has 4 rings (SSSR count). The highest BCUT2D eigenvalue weighted by Crippen LogP contribution is 2.30. The quantitative estimate of drug-likeness (QED) is 0.563. The number of hydrogen-bond donors (Lipinski definition) is 2. The highest BCUT2D eigenvalue weighted by Gasteiger charge is 2.27. The summed E-state index contributed by atoms with van der Waals surface area (Å²) >= 11 is 0. The van der Waals surface area contributed by atoms with Crippen LogP contribution in [0.4, 0.5) is 0 Å². The van der Waals surface area contributed by atoms with Gasteiger partial charge in [-0.3, -0.25) is 0 Å². The van der Waals surface area contributed by atoms with Gasteiger partial charge in [-0.05, 0) is 53.1 Å². The largest absolute Gasteiger partial charge is 0.494 e. The van der Waals surface area contributed by atoms with Crippen LogP contribution in [0.3, 0.4) is 0 Å². The number of aliphatic hydroxyl groups excluding tert-OH is 1. The molecule has 0 spiro atoms. The first-order chi connectivity index (χ1) is 14.3. The molecule has 152 valence electrons. The van der Waals surface area contributed by atoms with E-state index in [2.05, 4.69) is 59.9 Å². The average molecular weight is 392 g/mol. The standard InChI is InChI=1S/C25H29NO3/c27-14-3-15-28-23-10-8-21(9-11-23)24-12-13-26-17-25(24)29-18-19-6-7-20-4-1-2-5-22(20)16-19/h1-2,4-11,16,24-27H,3,12-15,17-18H2. The lowest BCUT2D eigenvalue weighted by molar-refractivity contribution is 0.0106. The van der Waals surface area contributed by atoms with Crippen LogP contribution in [-0.4, -0.2) is 37.5 Å². The molecule has 2 atom stereocenters. The normalized spacial score (nSPS) is 19.3. The van der Waals surface area contributed by atoms with Crippen molar-refractivity contribution in [3.8, 4) is 5.75 Å². The minimum absolute atomic E-state index is 0.149. The van der Waals surface area contributed by atoms with Gasteiger partial charge in [0.25, 0.3) is 0 Å². The molecule has 1 heterocycles. The van der Waals surface area contributed by atoms with Crippen LogP contribution in [0.25, 0.3) is 10.8 Å². The van der Waals surface area contributed by atoms with Crippen molar-refractivity contribution in [1.82, 2.24) is 5.32 Å². The number of ether oxygens (including phenoxy) is 2. The Morgan fingerprint density at radius 1 is 0.966 bits per heavy atom. The topological polar surface area (TPSA) is 50.7 Å². The SMILES string of the molecule is OCCCOc1ccc(C2CCNCC2OCc2ccc3ccccc3c2)cc1. The van der Waals surface area contributed by atoms with Crippen molar-refractivity contribution >= 4 is 10.8 Å². The van der Waals surface area contributed by atoms with Crippen LogP contribution in [0.1, 0.15) is 29.9 Å². The van der Waals surface area contributed by atoms with Crippen LogP contribution in [-0.2, 0) is 11.3 Å². The fraction of sp³-hybridized carbons (Fsp3) is 0.360. The number of piperidine rings is 1. The number of fused-ring (bicyclic) bond motifs is 1. The predicted octanol–water partition coefficient (Wildman–Crippen LogP) is 4.26. The Labute approximate surface area is 172 Å². The zero-order valence-corrected chi connectivity index (χ0v) is 16.7. The van der Waals surface area contributed by atoms with Gasteiger partial charge in [0.15, 0.2) is 0 Å². The lowest BCUT2D eigenvalue weighted by Gasteiger charge is -2.32. The maximum absolute atomic E-state index is 8.87. The first-order valence-electron chi connectivity index (χ1n) is 10.5. The summed E-state index contributed by atoms with van der Waals surface area (Å²) in [6, 6.07) is 23.3. The van der Waals surface area contributed by atoms with E-state index in [1.54, 1.807) is 0 Å². The molecule has 0 aromatic heterocycles. The third-order valence-corrected chi connectivity index (χ3v) is 5.58. The summed E-state index contributed by atoms with van der Waals surface area (Å²) in [4.78, 5) is 0. The van der Waals surface area contributed by atoms with E-state index in [4.69, 9.17) is 14.6 Å². The molecule has 0 saturated carbocycles. The van der Waals surface area contributed by atoms with Gasteiger partial charge in [0.1, 0.15) is 5.75 Å². The smallest absolute Gasteiger partial charge is 0.119 e. The molecule has 1 aliphatic heterocycles. The lowest BCUT2D eigenvalue weighted by atomic mass is 9.87. The summed E-state index contributed by atoms with van der Waals surface area (Å²) < 4.78 is 12.0. The molecule has 0 aliphatic carbocycles. The average Bonchev–Trinajstić information content (AvgIpc) is 2.78. The molecule has 4 heteroatoms. The van der Waals surface area contributed by atoms with Gasteiger partial charge in [-0.15, -0.1) is 0 Å². The molecule has 0 radical (unpaired) electrons. The maximum Gasteiger partial charge on any atom is 0.119 e. The maximum atomic E-state index is 8.87. The zero-order chi connectivity index (χ0) is 19.9. The highest BCUT2D eigenvalue weighted by atomic mass is 16.5. The van der Waals surface area contributed by atoms with Crippen LogP contribution < -0.4 is 10.1 Å². The van der Waals surface area contributed by atoms with Crippen molar-refractivity contribution in [3.05, 3.63) is 77.9 Å². The van der Waals surface area contributed by atoms with Gasteiger partial charge in [0, 0.05) is 25.5 Å². The van der Waals surface area contributed by atoms with E-state index in [0.717, 1.165) is 25.3 Å². The van der Waals surface area contributed by atoms with E-state index in [-0.39, 0.29) is 12.7 Å². The molecule has 1 saturated heterocycles. The number of aliphatic hydroxyl groups is 1. The summed E-state index contributed by atoms with van der Waals surface area (Å²) in [6.07, 6.45) is 1.87. The molecular weight excluding hydrogens is 362 g/mol. The Balaban J connectivity index is 1.40. The summed E-state index contributed by atoms with van der Waals surface area (Å²) in [5, 5.41) is 14.9. The minimum Gasteiger partial charge on any atom is -0.494 e. The van der Waals surface area contributed by atoms with Crippen LogP contribution in [0.2, 0.25) is 0 Å². The van der Waals surface area contributed by atoms with Crippen LogP contribution in [0.5, 0.6) is 5.75 Å². The molecule has 1 aliphatic rings. The van der Waals surface area contributed by atoms with E-state index < -0.39 is 0 Å². The molecule has 4 nitrogen and oxygen atoms in total. The van der Waals surface area contributed by atoms with E-state index in [1.807, 2.05) is 12.1 Å². The van der Waals surface area contributed by atoms with Crippen molar-refractivity contribution in [2.24, 2.45) is 0 Å². The first-order valence-corrected chi connectivity index (χ1v) is 10.5. The Hall–Kier alpha value is -2.40. The predicted molar refractivity (Wildman–Crippen MR) is 116 cm³/mol. The van der Waals surface area contributed by atoms with Crippen LogP contribution in [0.15, 0.2) is 66.7 Å². The Morgan fingerprint density at radius 2 is 1.79 bits per heavy atom. The molecule has 3 aromatic carbocycles. The fourth-order valence-corrected chi connectivity index (χ4v) is 3.98. The second-order valence-electron chi connectivity index (χ2n) is 7.62. The summed E-state index contributed by atoms with van der Waals surface area (Å²) in [6.45, 7) is 3.20. The summed E-state index contributed by atoms with van der Waals surface area (Å²) in [5.74, 6) is 1.23. The summed E-state index contributed by atoms with van der Waals surface area (Å²) in [7, 11) is 0. The highest BCUT2D eigenvalue weighted by molar-refractivity contribution is 5.82. The van der Waals surface area contributed by atoms with Crippen molar-refractivity contribution < 1.29 is 14.6 Å². The van der Waals surface area contributed by atoms with Crippen molar-refractivity contribution in [1.29, 1.82) is 0 Å². The second-order valence-corrected chi connectivity index (χ2v) is 7.62. The third kappa shape index (κ3) is 5.15.